The lowest BCUT2D eigenvalue weighted by Crippen LogP contribution is -2.36. The number of aliphatic carboxylic acids is 1. The number of carbonyl (C=O) groups is 1. The number of hydrogen-bond acceptors (Lipinski definition) is 5. The molecule has 0 saturated heterocycles. The number of nitrogens with zero attached hydrogens (tertiary/aromatic N) is 1. The van der Waals surface area contributed by atoms with E-state index in [9.17, 15) is 13.2 Å². The predicted molar refractivity (Wildman–Crippen MR) is 103 cm³/mol. The minimum absolute atomic E-state index is 0.00895. The standard InChI is InChI=1S/C19H24N2O5S/c1-26-17-9-5-15(6-10-17)16-7-11-18(12-8-16)27(24,25)21(14-20)13-3-2-4-19(22)23/h5-12H,2-4,13-14,20H2,1H3,(H,22,23). The van der Waals surface area contributed by atoms with Gasteiger partial charge in [0.2, 0.25) is 10.0 Å². The van der Waals surface area contributed by atoms with Gasteiger partial charge in [-0.25, -0.2) is 8.42 Å². The minimum atomic E-state index is -3.72. The van der Waals surface area contributed by atoms with Crippen LogP contribution in [0.25, 0.3) is 11.1 Å². The Morgan fingerprint density at radius 2 is 1.59 bits per heavy atom. The van der Waals surface area contributed by atoms with E-state index in [1.54, 1.807) is 31.4 Å². The Balaban J connectivity index is 2.11. The number of rotatable bonds is 10. The van der Waals surface area contributed by atoms with Crippen molar-refractivity contribution in [1.29, 1.82) is 0 Å². The molecular formula is C19H24N2O5S. The number of carboxylic acid groups (broad SMARTS) is 1. The molecule has 8 heteroatoms. The Labute approximate surface area is 159 Å². The number of methoxy groups -OCH3 is 1. The van der Waals surface area contributed by atoms with Crippen molar-refractivity contribution in [3.05, 3.63) is 48.5 Å². The third-order valence-corrected chi connectivity index (χ3v) is 6.05. The Morgan fingerprint density at radius 3 is 2.07 bits per heavy atom. The molecule has 0 spiro atoms. The van der Waals surface area contributed by atoms with E-state index in [2.05, 4.69) is 0 Å². The summed E-state index contributed by atoms with van der Waals surface area (Å²) in [6, 6.07) is 14.1. The van der Waals surface area contributed by atoms with Gasteiger partial charge in [-0.1, -0.05) is 24.3 Å². The van der Waals surface area contributed by atoms with Crippen LogP contribution in [0.5, 0.6) is 5.75 Å². The fourth-order valence-electron chi connectivity index (χ4n) is 2.63. The van der Waals surface area contributed by atoms with E-state index in [0.717, 1.165) is 21.2 Å². The zero-order valence-corrected chi connectivity index (χ0v) is 16.0. The lowest BCUT2D eigenvalue weighted by atomic mass is 10.1. The Kier molecular flexibility index (Phi) is 7.35. The maximum Gasteiger partial charge on any atom is 0.303 e. The van der Waals surface area contributed by atoms with E-state index in [4.69, 9.17) is 15.6 Å². The molecule has 0 aliphatic rings. The van der Waals surface area contributed by atoms with Crippen LogP contribution in [0.2, 0.25) is 0 Å². The first-order chi connectivity index (χ1) is 12.9. The Hall–Kier alpha value is -2.42. The van der Waals surface area contributed by atoms with Gasteiger partial charge in [0.1, 0.15) is 5.75 Å². The molecule has 2 aromatic rings. The van der Waals surface area contributed by atoms with E-state index in [-0.39, 0.29) is 24.5 Å². The van der Waals surface area contributed by atoms with Gasteiger partial charge in [0.05, 0.1) is 18.7 Å². The van der Waals surface area contributed by atoms with Gasteiger partial charge >= 0.3 is 5.97 Å². The number of unbranched alkanes of at least 4 members (excludes halogenated alkanes) is 1. The van der Waals surface area contributed by atoms with Gasteiger partial charge < -0.3 is 15.6 Å². The van der Waals surface area contributed by atoms with Gasteiger partial charge in [0, 0.05) is 13.0 Å². The summed E-state index contributed by atoms with van der Waals surface area (Å²) in [5.41, 5.74) is 7.44. The molecule has 0 aliphatic carbocycles. The molecule has 7 nitrogen and oxygen atoms in total. The number of benzene rings is 2. The average molecular weight is 392 g/mol. The monoisotopic (exact) mass is 392 g/mol. The van der Waals surface area contributed by atoms with Crippen molar-refractivity contribution in [2.75, 3.05) is 20.3 Å². The summed E-state index contributed by atoms with van der Waals surface area (Å²) in [5.74, 6) is -0.147. The lowest BCUT2D eigenvalue weighted by molar-refractivity contribution is -0.137. The van der Waals surface area contributed by atoms with Crippen LogP contribution < -0.4 is 10.5 Å². The normalized spacial score (nSPS) is 11.5. The Morgan fingerprint density at radius 1 is 1.04 bits per heavy atom. The molecule has 2 aromatic carbocycles. The summed E-state index contributed by atoms with van der Waals surface area (Å²) in [6.45, 7) is 0.0297. The summed E-state index contributed by atoms with van der Waals surface area (Å²) < 4.78 is 31.8. The third kappa shape index (κ3) is 5.53. The van der Waals surface area contributed by atoms with Crippen molar-refractivity contribution in [3.8, 4) is 16.9 Å². The second-order valence-electron chi connectivity index (χ2n) is 5.97. The first-order valence-corrected chi connectivity index (χ1v) is 9.99. The van der Waals surface area contributed by atoms with Crippen LogP contribution in [0.15, 0.2) is 53.4 Å². The first kappa shape index (κ1) is 20.9. The highest BCUT2D eigenvalue weighted by Gasteiger charge is 2.22. The number of nitrogens with two attached hydrogens (primary N) is 1. The van der Waals surface area contributed by atoms with Crippen molar-refractivity contribution in [2.45, 2.75) is 24.2 Å². The number of carboxylic acids is 1. The molecule has 0 radical (unpaired) electrons. The first-order valence-electron chi connectivity index (χ1n) is 8.55. The highest BCUT2D eigenvalue weighted by Crippen LogP contribution is 2.25. The zero-order chi connectivity index (χ0) is 19.9. The smallest absolute Gasteiger partial charge is 0.303 e. The predicted octanol–water partition coefficient (Wildman–Crippen LogP) is 2.52. The highest BCUT2D eigenvalue weighted by molar-refractivity contribution is 7.89. The van der Waals surface area contributed by atoms with Crippen molar-refractivity contribution in [2.24, 2.45) is 5.73 Å². The second-order valence-corrected chi connectivity index (χ2v) is 7.90. The van der Waals surface area contributed by atoms with E-state index >= 15 is 0 Å². The molecule has 3 N–H and O–H groups in total. The van der Waals surface area contributed by atoms with Gasteiger partial charge in [0.15, 0.2) is 0 Å². The third-order valence-electron chi connectivity index (χ3n) is 4.17. The van der Waals surface area contributed by atoms with Crippen LogP contribution >= 0.6 is 0 Å². The number of ether oxygens (including phenoxy) is 1. The molecule has 0 bridgehead atoms. The fourth-order valence-corrected chi connectivity index (χ4v) is 3.97. The summed E-state index contributed by atoms with van der Waals surface area (Å²) in [7, 11) is -2.12. The second kappa shape index (κ2) is 9.50. The summed E-state index contributed by atoms with van der Waals surface area (Å²) in [4.78, 5) is 10.7. The molecular weight excluding hydrogens is 368 g/mol. The molecule has 0 aromatic heterocycles. The average Bonchev–Trinajstić information content (AvgIpc) is 2.67. The highest BCUT2D eigenvalue weighted by atomic mass is 32.2. The van der Waals surface area contributed by atoms with Gasteiger partial charge in [-0.15, -0.1) is 0 Å². The molecule has 2 rings (SSSR count). The van der Waals surface area contributed by atoms with Crippen LogP contribution in [0.3, 0.4) is 0 Å². The summed E-state index contributed by atoms with van der Waals surface area (Å²) >= 11 is 0. The van der Waals surface area contributed by atoms with E-state index in [1.165, 1.54) is 0 Å². The molecule has 0 unspecified atom stereocenters. The quantitative estimate of drug-likeness (QED) is 0.475. The van der Waals surface area contributed by atoms with Crippen LogP contribution in [0, 0.1) is 0 Å². The molecule has 0 aliphatic heterocycles. The SMILES string of the molecule is COc1ccc(-c2ccc(S(=O)(=O)N(CN)CCCCC(=O)O)cc2)cc1. The van der Waals surface area contributed by atoms with Crippen molar-refractivity contribution in [3.63, 3.8) is 0 Å². The Bertz CT molecular complexity index is 849. The lowest BCUT2D eigenvalue weighted by Gasteiger charge is -2.20. The van der Waals surface area contributed by atoms with Crippen molar-refractivity contribution in [1.82, 2.24) is 4.31 Å². The van der Waals surface area contributed by atoms with Crippen LogP contribution in [0.1, 0.15) is 19.3 Å². The van der Waals surface area contributed by atoms with Gasteiger partial charge in [0.25, 0.3) is 0 Å². The van der Waals surface area contributed by atoms with Gasteiger partial charge in [-0.2, -0.15) is 4.31 Å². The van der Waals surface area contributed by atoms with Crippen LogP contribution in [-0.4, -0.2) is 44.1 Å². The van der Waals surface area contributed by atoms with E-state index in [0.29, 0.717) is 12.8 Å². The molecule has 0 heterocycles. The van der Waals surface area contributed by atoms with Crippen molar-refractivity contribution < 1.29 is 23.1 Å². The maximum atomic E-state index is 12.7. The molecule has 146 valence electrons. The fraction of sp³-hybridized carbons (Fsp3) is 0.316. The zero-order valence-electron chi connectivity index (χ0n) is 15.2. The number of hydrogen-bond donors (Lipinski definition) is 2. The molecule has 0 atom stereocenters. The van der Waals surface area contributed by atoms with Crippen LogP contribution in [-0.2, 0) is 14.8 Å². The topological polar surface area (TPSA) is 110 Å². The van der Waals surface area contributed by atoms with Gasteiger partial charge in [-0.05, 0) is 48.2 Å². The molecule has 0 amide bonds. The molecule has 27 heavy (non-hydrogen) atoms. The largest absolute Gasteiger partial charge is 0.497 e. The minimum Gasteiger partial charge on any atom is -0.497 e. The summed E-state index contributed by atoms with van der Waals surface area (Å²) in [6.07, 6.45) is 0.847. The molecule has 0 saturated carbocycles. The molecule has 0 fully saturated rings. The number of sulfonamides is 1. The van der Waals surface area contributed by atoms with E-state index in [1.807, 2.05) is 24.3 Å². The van der Waals surface area contributed by atoms with E-state index < -0.39 is 16.0 Å². The van der Waals surface area contributed by atoms with Crippen LogP contribution in [0.4, 0.5) is 0 Å². The summed E-state index contributed by atoms with van der Waals surface area (Å²) in [5, 5.41) is 8.66. The maximum absolute atomic E-state index is 12.7. The van der Waals surface area contributed by atoms with Crippen molar-refractivity contribution >= 4 is 16.0 Å². The van der Waals surface area contributed by atoms with Gasteiger partial charge in [-0.3, -0.25) is 4.79 Å².